The summed E-state index contributed by atoms with van der Waals surface area (Å²) in [6.07, 6.45) is 5.04. The zero-order chi connectivity index (χ0) is 13.1. The smallest absolute Gasteiger partial charge is 0.241 e. The fourth-order valence-electron chi connectivity index (χ4n) is 4.53. The quantitative estimate of drug-likeness (QED) is 0.591. The highest BCUT2D eigenvalue weighted by atomic mass is 16.7. The van der Waals surface area contributed by atoms with Gasteiger partial charge in [-0.25, -0.2) is 0 Å². The summed E-state index contributed by atoms with van der Waals surface area (Å²) in [6.45, 7) is 2.03. The Morgan fingerprint density at radius 3 is 2.61 bits per heavy atom. The molecule has 1 spiro atoms. The predicted molar refractivity (Wildman–Crippen MR) is 64.7 cm³/mol. The second-order valence-electron chi connectivity index (χ2n) is 5.88. The van der Waals surface area contributed by atoms with E-state index in [2.05, 4.69) is 0 Å². The highest BCUT2D eigenvalue weighted by Crippen LogP contribution is 2.63. The van der Waals surface area contributed by atoms with Crippen LogP contribution in [-0.2, 0) is 14.3 Å². The van der Waals surface area contributed by atoms with Crippen molar-refractivity contribution in [2.24, 2.45) is 23.2 Å². The van der Waals surface area contributed by atoms with Crippen LogP contribution in [0.15, 0.2) is 12.2 Å². The van der Waals surface area contributed by atoms with Gasteiger partial charge in [-0.1, -0.05) is 19.1 Å². The summed E-state index contributed by atoms with van der Waals surface area (Å²) < 4.78 is 11.0. The number of aliphatic hydroxyl groups excluding tert-OH is 1. The van der Waals surface area contributed by atoms with Crippen molar-refractivity contribution in [3.05, 3.63) is 12.2 Å². The summed E-state index contributed by atoms with van der Waals surface area (Å²) in [5, 5.41) is 10.6. The Hall–Kier alpha value is -0.710. The first-order chi connectivity index (χ1) is 8.53. The minimum absolute atomic E-state index is 0.0422. The molecule has 1 N–H and O–H groups in total. The number of carbonyl (C=O) groups excluding carboxylic acids is 1. The van der Waals surface area contributed by atoms with Crippen LogP contribution < -0.4 is 0 Å². The molecule has 100 valence electrons. The van der Waals surface area contributed by atoms with Gasteiger partial charge in [0.25, 0.3) is 0 Å². The minimum Gasteiger partial charge on any atom is -0.392 e. The van der Waals surface area contributed by atoms with E-state index in [1.807, 2.05) is 19.1 Å². The molecule has 1 unspecified atom stereocenters. The summed E-state index contributed by atoms with van der Waals surface area (Å²) in [5.74, 6) is -1.06. The van der Waals surface area contributed by atoms with E-state index >= 15 is 0 Å². The molecule has 0 aromatic heterocycles. The topological polar surface area (TPSA) is 55.8 Å². The van der Waals surface area contributed by atoms with Gasteiger partial charge in [0.15, 0.2) is 5.78 Å². The van der Waals surface area contributed by atoms with E-state index in [1.54, 1.807) is 0 Å². The third-order valence-electron chi connectivity index (χ3n) is 5.31. The molecule has 0 heterocycles. The molecular formula is C14H20O4. The molecule has 0 aromatic carbocycles. The number of ketones is 1. The largest absolute Gasteiger partial charge is 0.392 e. The molecule has 4 aliphatic carbocycles. The second kappa shape index (κ2) is 3.65. The molecule has 0 aliphatic heterocycles. The van der Waals surface area contributed by atoms with Crippen LogP contribution in [0.5, 0.6) is 0 Å². The fourth-order valence-corrected chi connectivity index (χ4v) is 4.53. The monoisotopic (exact) mass is 252 g/mol. The Morgan fingerprint density at radius 1 is 1.33 bits per heavy atom. The van der Waals surface area contributed by atoms with Gasteiger partial charge in [-0.15, -0.1) is 0 Å². The van der Waals surface area contributed by atoms with Gasteiger partial charge in [0.05, 0.1) is 11.5 Å². The lowest BCUT2D eigenvalue weighted by molar-refractivity contribution is -0.285. The van der Waals surface area contributed by atoms with Crippen LogP contribution in [0.2, 0.25) is 0 Å². The number of fused-ring (bicyclic) bond motifs is 1. The highest BCUT2D eigenvalue weighted by Gasteiger charge is 2.72. The summed E-state index contributed by atoms with van der Waals surface area (Å²) in [4.78, 5) is 12.5. The average Bonchev–Trinajstić information content (AvgIpc) is 2.64. The van der Waals surface area contributed by atoms with Crippen molar-refractivity contribution < 1.29 is 19.4 Å². The first kappa shape index (κ1) is 12.3. The Bertz CT molecular complexity index is 412. The van der Waals surface area contributed by atoms with Crippen LogP contribution in [0.1, 0.15) is 19.8 Å². The van der Waals surface area contributed by atoms with Crippen molar-refractivity contribution in [3.63, 3.8) is 0 Å². The number of rotatable bonds is 2. The van der Waals surface area contributed by atoms with Gasteiger partial charge in [-0.05, 0) is 24.7 Å². The van der Waals surface area contributed by atoms with Crippen molar-refractivity contribution in [2.75, 3.05) is 14.2 Å². The van der Waals surface area contributed by atoms with Crippen molar-refractivity contribution in [2.45, 2.75) is 31.7 Å². The number of allylic oxidation sites excluding steroid dienone is 1. The standard InChI is InChI=1S/C14H20O4/c1-8-6-10-7-9-4-5-13(10,11(8)15)14(17-2,18-3)12(9)16/h4-5,8-11,15H,6-7H2,1-3H3/t8-,9-,10?,11-,13+/m1/s1. The minimum atomic E-state index is -1.31. The van der Waals surface area contributed by atoms with Gasteiger partial charge in [-0.3, -0.25) is 4.79 Å². The molecule has 0 saturated heterocycles. The normalized spacial score (nSPS) is 48.6. The van der Waals surface area contributed by atoms with E-state index in [9.17, 15) is 9.90 Å². The Morgan fingerprint density at radius 2 is 2.00 bits per heavy atom. The fraction of sp³-hybridized carbons (Fsp3) is 0.786. The molecule has 4 nitrogen and oxygen atoms in total. The Balaban J connectivity index is 2.21. The molecule has 0 amide bonds. The third kappa shape index (κ3) is 1.06. The van der Waals surface area contributed by atoms with Crippen LogP contribution in [-0.4, -0.2) is 37.0 Å². The molecular weight excluding hydrogens is 232 g/mol. The van der Waals surface area contributed by atoms with E-state index in [4.69, 9.17) is 9.47 Å². The SMILES string of the molecule is COC1(OC)C(=O)[C@@H]2C=C[C@@]13C(C2)C[C@@H](C)[C@H]3O. The van der Waals surface area contributed by atoms with E-state index in [1.165, 1.54) is 14.2 Å². The van der Waals surface area contributed by atoms with Crippen LogP contribution in [0.3, 0.4) is 0 Å². The van der Waals surface area contributed by atoms with Gasteiger partial charge in [-0.2, -0.15) is 0 Å². The molecule has 5 atom stereocenters. The first-order valence-electron chi connectivity index (χ1n) is 6.55. The van der Waals surface area contributed by atoms with Crippen LogP contribution in [0, 0.1) is 23.2 Å². The summed E-state index contributed by atoms with van der Waals surface area (Å²) in [6, 6.07) is 0. The van der Waals surface area contributed by atoms with Crippen LogP contribution in [0.4, 0.5) is 0 Å². The Kier molecular flexibility index (Phi) is 2.50. The lowest BCUT2D eigenvalue weighted by atomic mass is 9.55. The zero-order valence-corrected chi connectivity index (χ0v) is 11.1. The number of hydrogen-bond acceptors (Lipinski definition) is 4. The number of ether oxygens (including phenoxy) is 2. The molecule has 4 heteroatoms. The molecule has 2 saturated carbocycles. The van der Waals surface area contributed by atoms with Gasteiger partial charge >= 0.3 is 0 Å². The Labute approximate surface area is 107 Å². The summed E-state index contributed by atoms with van der Waals surface area (Å²) in [5.41, 5.74) is -0.707. The van der Waals surface area contributed by atoms with E-state index in [-0.39, 0.29) is 23.5 Å². The van der Waals surface area contributed by atoms with Crippen LogP contribution >= 0.6 is 0 Å². The average molecular weight is 252 g/mol. The molecule has 18 heavy (non-hydrogen) atoms. The summed E-state index contributed by atoms with van der Waals surface area (Å²) >= 11 is 0. The van der Waals surface area contributed by atoms with Crippen LogP contribution in [0.25, 0.3) is 0 Å². The number of carbonyl (C=O) groups is 1. The lowest BCUT2D eigenvalue weighted by Gasteiger charge is -2.56. The first-order valence-corrected chi connectivity index (χ1v) is 6.55. The van der Waals surface area contributed by atoms with Gasteiger partial charge in [0.2, 0.25) is 5.79 Å². The van der Waals surface area contributed by atoms with E-state index < -0.39 is 17.3 Å². The van der Waals surface area contributed by atoms with Gasteiger partial charge < -0.3 is 14.6 Å². The van der Waals surface area contributed by atoms with E-state index in [0.29, 0.717) is 0 Å². The molecule has 2 fully saturated rings. The lowest BCUT2D eigenvalue weighted by Crippen LogP contribution is -2.68. The van der Waals surface area contributed by atoms with Crippen molar-refractivity contribution in [3.8, 4) is 0 Å². The summed E-state index contributed by atoms with van der Waals surface area (Å²) in [7, 11) is 2.99. The maximum Gasteiger partial charge on any atom is 0.241 e. The molecule has 4 aliphatic rings. The zero-order valence-electron chi connectivity index (χ0n) is 11.1. The van der Waals surface area contributed by atoms with Crippen molar-refractivity contribution in [1.82, 2.24) is 0 Å². The predicted octanol–water partition coefficient (Wildman–Crippen LogP) is 1.14. The van der Waals surface area contributed by atoms with Gasteiger partial charge in [0.1, 0.15) is 0 Å². The maximum atomic E-state index is 12.5. The number of hydrogen-bond donors (Lipinski definition) is 1. The second-order valence-corrected chi connectivity index (χ2v) is 5.88. The third-order valence-corrected chi connectivity index (χ3v) is 5.31. The number of methoxy groups -OCH3 is 2. The van der Waals surface area contributed by atoms with Crippen molar-refractivity contribution in [1.29, 1.82) is 0 Å². The highest BCUT2D eigenvalue weighted by molar-refractivity contribution is 5.93. The number of aliphatic hydroxyl groups is 1. The van der Waals surface area contributed by atoms with Crippen molar-refractivity contribution >= 4 is 5.78 Å². The molecule has 2 bridgehead atoms. The molecule has 0 aromatic rings. The number of Topliss-reactive ketones (excluding diaryl/α,β-unsaturated/α-hetero) is 1. The van der Waals surface area contributed by atoms with E-state index in [0.717, 1.165) is 12.8 Å². The maximum absolute atomic E-state index is 12.5. The molecule has 4 rings (SSSR count). The van der Waals surface area contributed by atoms with Gasteiger partial charge in [0, 0.05) is 20.1 Å². The molecule has 0 radical (unpaired) electrons.